The maximum atomic E-state index is 12.7. The highest BCUT2D eigenvalue weighted by Gasteiger charge is 2.28. The fourth-order valence-corrected chi connectivity index (χ4v) is 5.50. The Morgan fingerprint density at radius 2 is 1.63 bits per heavy atom. The molecule has 1 amide bonds. The third kappa shape index (κ3) is 4.91. The van der Waals surface area contributed by atoms with E-state index in [2.05, 4.69) is 22.0 Å². The van der Waals surface area contributed by atoms with Crippen molar-refractivity contribution in [1.82, 2.24) is 23.7 Å². The number of hydrogen-bond donors (Lipinski definition) is 0. The molecule has 0 unspecified atom stereocenters. The molecule has 2 aromatic rings. The van der Waals surface area contributed by atoms with Gasteiger partial charge in [0.15, 0.2) is 5.03 Å². The molecular weight excluding hydrogens is 402 g/mol. The summed E-state index contributed by atoms with van der Waals surface area (Å²) in [7, 11) is -3.57. The fraction of sp³-hybridized carbons (Fsp3) is 0.524. The summed E-state index contributed by atoms with van der Waals surface area (Å²) >= 11 is 0. The Labute approximate surface area is 178 Å². The second kappa shape index (κ2) is 9.28. The lowest BCUT2D eigenvalue weighted by molar-refractivity contribution is -0.133. The van der Waals surface area contributed by atoms with Crippen molar-refractivity contribution in [2.45, 2.75) is 37.4 Å². The van der Waals surface area contributed by atoms with E-state index < -0.39 is 10.0 Å². The van der Waals surface area contributed by atoms with Crippen LogP contribution in [0.25, 0.3) is 0 Å². The van der Waals surface area contributed by atoms with Crippen LogP contribution in [0.5, 0.6) is 0 Å². The van der Waals surface area contributed by atoms with Crippen molar-refractivity contribution >= 4 is 15.9 Å². The molecule has 1 aromatic carbocycles. The molecule has 2 fully saturated rings. The number of carbonyl (C=O) groups excluding carboxylic acids is 1. The third-order valence-electron chi connectivity index (χ3n) is 5.82. The Kier molecular flexibility index (Phi) is 6.50. The van der Waals surface area contributed by atoms with Crippen LogP contribution in [0.15, 0.2) is 47.9 Å². The zero-order valence-electron chi connectivity index (χ0n) is 17.2. The first-order valence-corrected chi connectivity index (χ1v) is 12.0. The highest BCUT2D eigenvalue weighted by Crippen LogP contribution is 2.19. The van der Waals surface area contributed by atoms with Crippen LogP contribution in [0.3, 0.4) is 0 Å². The van der Waals surface area contributed by atoms with Crippen molar-refractivity contribution < 1.29 is 13.2 Å². The minimum atomic E-state index is -3.57. The third-order valence-corrected chi connectivity index (χ3v) is 7.61. The molecule has 2 aliphatic heterocycles. The van der Waals surface area contributed by atoms with Gasteiger partial charge < -0.3 is 9.47 Å². The highest BCUT2D eigenvalue weighted by atomic mass is 32.2. The van der Waals surface area contributed by atoms with Crippen molar-refractivity contribution in [2.75, 3.05) is 39.3 Å². The Morgan fingerprint density at radius 3 is 2.33 bits per heavy atom. The molecule has 0 spiro atoms. The smallest absolute Gasteiger partial charge is 0.262 e. The van der Waals surface area contributed by atoms with Gasteiger partial charge in [-0.25, -0.2) is 13.4 Å². The van der Waals surface area contributed by atoms with Crippen molar-refractivity contribution in [3.8, 4) is 0 Å². The molecule has 2 aliphatic rings. The molecular formula is C21H29N5O3S. The Morgan fingerprint density at radius 1 is 0.933 bits per heavy atom. The minimum absolute atomic E-state index is 0.00585. The summed E-state index contributed by atoms with van der Waals surface area (Å²) in [6.07, 6.45) is 5.75. The van der Waals surface area contributed by atoms with Crippen molar-refractivity contribution in [3.63, 3.8) is 0 Å². The number of piperidine rings is 1. The SMILES string of the molecule is O=C(Cn1cnc(S(=O)(=O)N2CCCCC2)c1)N1CCN(Cc2ccccc2)CC1. The van der Waals surface area contributed by atoms with Crippen LogP contribution >= 0.6 is 0 Å². The molecule has 0 radical (unpaired) electrons. The molecule has 9 heteroatoms. The van der Waals surface area contributed by atoms with E-state index in [-0.39, 0.29) is 17.5 Å². The zero-order valence-corrected chi connectivity index (χ0v) is 18.0. The van der Waals surface area contributed by atoms with E-state index in [0.29, 0.717) is 26.2 Å². The first kappa shape index (κ1) is 21.0. The van der Waals surface area contributed by atoms with E-state index in [1.54, 1.807) is 4.57 Å². The second-order valence-corrected chi connectivity index (χ2v) is 9.88. The number of amides is 1. The maximum absolute atomic E-state index is 12.7. The van der Waals surface area contributed by atoms with Gasteiger partial charge in [0.2, 0.25) is 5.91 Å². The average Bonchev–Trinajstić information content (AvgIpc) is 3.25. The molecule has 30 heavy (non-hydrogen) atoms. The number of piperazine rings is 1. The summed E-state index contributed by atoms with van der Waals surface area (Å²) < 4.78 is 28.5. The highest BCUT2D eigenvalue weighted by molar-refractivity contribution is 7.89. The van der Waals surface area contributed by atoms with E-state index in [9.17, 15) is 13.2 Å². The van der Waals surface area contributed by atoms with Gasteiger partial charge in [0.1, 0.15) is 6.54 Å². The van der Waals surface area contributed by atoms with E-state index in [1.165, 1.54) is 22.4 Å². The molecule has 0 atom stereocenters. The largest absolute Gasteiger partial charge is 0.339 e. The number of hydrogen-bond acceptors (Lipinski definition) is 5. The van der Waals surface area contributed by atoms with E-state index in [1.807, 2.05) is 23.1 Å². The summed E-state index contributed by atoms with van der Waals surface area (Å²) in [5.41, 5.74) is 1.28. The summed E-state index contributed by atoms with van der Waals surface area (Å²) in [5, 5.41) is 0.0323. The minimum Gasteiger partial charge on any atom is -0.339 e. The van der Waals surface area contributed by atoms with Crippen molar-refractivity contribution in [2.24, 2.45) is 0 Å². The topological polar surface area (TPSA) is 78.7 Å². The van der Waals surface area contributed by atoms with Crippen LogP contribution in [0.2, 0.25) is 0 Å². The number of nitrogens with zero attached hydrogens (tertiary/aromatic N) is 5. The first-order chi connectivity index (χ1) is 14.5. The van der Waals surface area contributed by atoms with Crippen LogP contribution in [0.1, 0.15) is 24.8 Å². The van der Waals surface area contributed by atoms with Crippen LogP contribution in [-0.4, -0.2) is 77.2 Å². The Balaban J connectivity index is 1.30. The summed E-state index contributed by atoms with van der Waals surface area (Å²) in [6.45, 7) is 5.11. The number of rotatable bonds is 6. The average molecular weight is 432 g/mol. The van der Waals surface area contributed by atoms with E-state index in [4.69, 9.17) is 0 Å². The standard InChI is InChI=1S/C21H29N5O3S/c27-21(25-13-11-23(12-14-25)15-19-7-3-1-4-8-19)17-24-16-20(22-18-24)30(28,29)26-9-5-2-6-10-26/h1,3-4,7-8,16,18H,2,5-6,9-15,17H2. The van der Waals surface area contributed by atoms with Crippen molar-refractivity contribution in [1.29, 1.82) is 0 Å². The molecule has 8 nitrogen and oxygen atoms in total. The van der Waals surface area contributed by atoms with Gasteiger partial charge in [0.05, 0.1) is 6.33 Å². The molecule has 4 rings (SSSR count). The van der Waals surface area contributed by atoms with Crippen LogP contribution in [-0.2, 0) is 27.9 Å². The number of aromatic nitrogens is 2. The Hall–Kier alpha value is -2.23. The quantitative estimate of drug-likeness (QED) is 0.691. The molecule has 0 aliphatic carbocycles. The van der Waals surface area contributed by atoms with Crippen LogP contribution in [0.4, 0.5) is 0 Å². The lowest BCUT2D eigenvalue weighted by Gasteiger charge is -2.34. The summed E-state index contributed by atoms with van der Waals surface area (Å²) in [4.78, 5) is 21.0. The van der Waals surface area contributed by atoms with Gasteiger partial charge in [0.25, 0.3) is 10.0 Å². The zero-order chi connectivity index (χ0) is 21.0. The molecule has 2 saturated heterocycles. The number of benzene rings is 1. The van der Waals surface area contributed by atoms with Crippen LogP contribution in [0, 0.1) is 0 Å². The Bertz CT molecular complexity index is 946. The number of sulfonamides is 1. The normalized spacial score (nSPS) is 19.1. The fourth-order valence-electron chi connectivity index (χ4n) is 4.05. The van der Waals surface area contributed by atoms with Gasteiger partial charge in [-0.3, -0.25) is 9.69 Å². The van der Waals surface area contributed by atoms with Gasteiger partial charge in [0, 0.05) is 52.0 Å². The maximum Gasteiger partial charge on any atom is 0.262 e. The predicted octanol–water partition coefficient (Wildman–Crippen LogP) is 1.40. The second-order valence-electron chi connectivity index (χ2n) is 7.99. The molecule has 0 saturated carbocycles. The number of carbonyl (C=O) groups is 1. The van der Waals surface area contributed by atoms with Gasteiger partial charge in [-0.15, -0.1) is 0 Å². The van der Waals surface area contributed by atoms with Gasteiger partial charge in [-0.1, -0.05) is 36.8 Å². The van der Waals surface area contributed by atoms with Crippen LogP contribution < -0.4 is 0 Å². The van der Waals surface area contributed by atoms with Gasteiger partial charge in [-0.2, -0.15) is 4.31 Å². The van der Waals surface area contributed by atoms with Gasteiger partial charge in [-0.05, 0) is 18.4 Å². The summed E-state index contributed by atoms with van der Waals surface area (Å²) in [5.74, 6) is -0.00585. The lowest BCUT2D eigenvalue weighted by atomic mass is 10.2. The molecule has 1 aromatic heterocycles. The molecule has 0 N–H and O–H groups in total. The number of imidazole rings is 1. The summed E-state index contributed by atoms with van der Waals surface area (Å²) in [6, 6.07) is 10.3. The lowest BCUT2D eigenvalue weighted by Crippen LogP contribution is -2.49. The first-order valence-electron chi connectivity index (χ1n) is 10.6. The molecule has 3 heterocycles. The monoisotopic (exact) mass is 431 g/mol. The molecule has 0 bridgehead atoms. The van der Waals surface area contributed by atoms with Gasteiger partial charge >= 0.3 is 0 Å². The van der Waals surface area contributed by atoms with E-state index >= 15 is 0 Å². The van der Waals surface area contributed by atoms with Crippen molar-refractivity contribution in [3.05, 3.63) is 48.4 Å². The predicted molar refractivity (Wildman–Crippen MR) is 113 cm³/mol. The molecule has 162 valence electrons. The van der Waals surface area contributed by atoms with E-state index in [0.717, 1.165) is 38.9 Å².